The Labute approximate surface area is 158 Å². The van der Waals surface area contributed by atoms with Crippen molar-refractivity contribution in [2.45, 2.75) is 26.2 Å². The second-order valence-electron chi connectivity index (χ2n) is 6.21. The number of carbonyl (C=O) groups is 3. The molecule has 0 aromatic heterocycles. The summed E-state index contributed by atoms with van der Waals surface area (Å²) in [6.45, 7) is 3.66. The maximum atomic E-state index is 12.2. The van der Waals surface area contributed by atoms with Gasteiger partial charge in [-0.3, -0.25) is 9.59 Å². The van der Waals surface area contributed by atoms with Gasteiger partial charge in [0.25, 0.3) is 5.91 Å². The van der Waals surface area contributed by atoms with E-state index in [0.29, 0.717) is 17.2 Å². The third-order valence-electron chi connectivity index (χ3n) is 4.22. The minimum atomic E-state index is -0.610. The maximum Gasteiger partial charge on any atom is 0.338 e. The summed E-state index contributed by atoms with van der Waals surface area (Å²) in [5, 5.41) is 0. The van der Waals surface area contributed by atoms with Gasteiger partial charge < -0.3 is 15.2 Å². The number of carbonyl (C=O) groups excluding carboxylic acids is 3. The van der Waals surface area contributed by atoms with Gasteiger partial charge in [0.05, 0.1) is 5.56 Å². The molecule has 0 aliphatic heterocycles. The van der Waals surface area contributed by atoms with Crippen molar-refractivity contribution >= 4 is 17.7 Å². The Balaban J connectivity index is 1.89. The lowest BCUT2D eigenvalue weighted by Gasteiger charge is -2.10. The number of hydrogen-bond donors (Lipinski definition) is 1. The summed E-state index contributed by atoms with van der Waals surface area (Å²) in [6, 6.07) is 13.4. The van der Waals surface area contributed by atoms with E-state index >= 15 is 0 Å². The smallest absolute Gasteiger partial charge is 0.338 e. The lowest BCUT2D eigenvalue weighted by atomic mass is 9.97. The number of nitrogens with two attached hydrogens (primary N) is 1. The molecule has 0 fully saturated rings. The molecule has 2 aromatic rings. The van der Waals surface area contributed by atoms with Gasteiger partial charge in [-0.15, -0.1) is 0 Å². The van der Waals surface area contributed by atoms with Gasteiger partial charge in [0, 0.05) is 5.56 Å². The highest BCUT2D eigenvalue weighted by Crippen LogP contribution is 2.19. The minimum absolute atomic E-state index is 0.242. The van der Waals surface area contributed by atoms with Crippen molar-refractivity contribution in [3.8, 4) is 5.75 Å². The highest BCUT2D eigenvalue weighted by Gasteiger charge is 2.13. The molecule has 27 heavy (non-hydrogen) atoms. The average Bonchev–Trinajstić information content (AvgIpc) is 2.70. The number of benzene rings is 2. The van der Waals surface area contributed by atoms with E-state index < -0.39 is 11.9 Å². The van der Waals surface area contributed by atoms with E-state index in [0.717, 1.165) is 6.42 Å². The van der Waals surface area contributed by atoms with Crippen LogP contribution in [0.1, 0.15) is 52.5 Å². The molecule has 6 nitrogen and oxygen atoms in total. The molecule has 6 heteroatoms. The van der Waals surface area contributed by atoms with Crippen molar-refractivity contribution < 1.29 is 23.9 Å². The van der Waals surface area contributed by atoms with Crippen molar-refractivity contribution in [3.63, 3.8) is 0 Å². The molecule has 0 bridgehead atoms. The van der Waals surface area contributed by atoms with Crippen LogP contribution in [0.5, 0.6) is 5.75 Å². The molecule has 2 aromatic carbocycles. The monoisotopic (exact) mass is 369 g/mol. The zero-order valence-corrected chi connectivity index (χ0v) is 15.4. The summed E-state index contributed by atoms with van der Waals surface area (Å²) in [7, 11) is 0. The van der Waals surface area contributed by atoms with Gasteiger partial charge in [0.15, 0.2) is 19.0 Å². The fraction of sp³-hybridized carbons (Fsp3) is 0.286. The molecule has 0 heterocycles. The molecule has 2 rings (SSSR count). The van der Waals surface area contributed by atoms with Gasteiger partial charge in [-0.2, -0.15) is 0 Å². The van der Waals surface area contributed by atoms with Gasteiger partial charge in [0.1, 0.15) is 5.75 Å². The molecule has 2 N–H and O–H groups in total. The zero-order valence-electron chi connectivity index (χ0n) is 15.4. The molecule has 0 spiro atoms. The molecular formula is C21H23NO5. The second kappa shape index (κ2) is 9.52. The van der Waals surface area contributed by atoms with Crippen LogP contribution in [-0.4, -0.2) is 30.9 Å². The van der Waals surface area contributed by atoms with Crippen molar-refractivity contribution in [1.29, 1.82) is 0 Å². The Kier molecular flexibility index (Phi) is 7.11. The largest absolute Gasteiger partial charge is 0.484 e. The number of Topliss-reactive ketones (excluding diaryl/α,β-unsaturated/α-hetero) is 1. The summed E-state index contributed by atoms with van der Waals surface area (Å²) < 4.78 is 10.2. The molecule has 1 amide bonds. The summed E-state index contributed by atoms with van der Waals surface area (Å²) >= 11 is 0. The summed E-state index contributed by atoms with van der Waals surface area (Å²) in [5.41, 5.74) is 6.95. The standard InChI is InChI=1S/C21H23NO5/c1-3-14(2)15-4-6-16(7-5-15)19(23)12-27-21(25)17-8-10-18(11-9-17)26-13-20(22)24/h4-11,14H,3,12-13H2,1-2H3,(H2,22,24)/t14-/m0/s1. The number of hydrogen-bond acceptors (Lipinski definition) is 5. The summed E-state index contributed by atoms with van der Waals surface area (Å²) in [6.07, 6.45) is 1.03. The Bertz CT molecular complexity index is 796. The summed E-state index contributed by atoms with van der Waals surface area (Å²) in [5.74, 6) is -0.625. The van der Waals surface area contributed by atoms with Crippen LogP contribution in [0, 0.1) is 0 Å². The third kappa shape index (κ3) is 5.95. The van der Waals surface area contributed by atoms with Crippen LogP contribution in [0.25, 0.3) is 0 Å². The zero-order chi connectivity index (χ0) is 19.8. The molecule has 142 valence electrons. The lowest BCUT2D eigenvalue weighted by molar-refractivity contribution is -0.119. The van der Waals surface area contributed by atoms with Crippen LogP contribution in [-0.2, 0) is 9.53 Å². The first kappa shape index (κ1) is 20.2. The van der Waals surface area contributed by atoms with E-state index in [9.17, 15) is 14.4 Å². The molecule has 1 atom stereocenters. The van der Waals surface area contributed by atoms with Crippen molar-refractivity contribution in [2.24, 2.45) is 5.73 Å². The van der Waals surface area contributed by atoms with Gasteiger partial charge in [-0.1, -0.05) is 38.1 Å². The first-order valence-electron chi connectivity index (χ1n) is 8.72. The van der Waals surface area contributed by atoms with Crippen LogP contribution in [0.4, 0.5) is 0 Å². The predicted octanol–water partition coefficient (Wildman–Crippen LogP) is 3.10. The number of esters is 1. The molecule has 0 aliphatic rings. The van der Waals surface area contributed by atoms with Crippen LogP contribution >= 0.6 is 0 Å². The number of ether oxygens (including phenoxy) is 2. The number of rotatable bonds is 9. The van der Waals surface area contributed by atoms with Gasteiger partial charge in [-0.05, 0) is 42.2 Å². The Morgan fingerprint density at radius 1 is 0.926 bits per heavy atom. The molecule has 0 saturated heterocycles. The van der Waals surface area contributed by atoms with Gasteiger partial charge >= 0.3 is 5.97 Å². The highest BCUT2D eigenvalue weighted by atomic mass is 16.5. The fourth-order valence-corrected chi connectivity index (χ4v) is 2.37. The molecule has 0 saturated carbocycles. The Morgan fingerprint density at radius 2 is 1.52 bits per heavy atom. The predicted molar refractivity (Wildman–Crippen MR) is 101 cm³/mol. The molecule has 0 aliphatic carbocycles. The van der Waals surface area contributed by atoms with Crippen molar-refractivity contribution in [3.05, 3.63) is 65.2 Å². The normalized spacial score (nSPS) is 11.5. The average molecular weight is 369 g/mol. The maximum absolute atomic E-state index is 12.2. The molecule has 0 radical (unpaired) electrons. The van der Waals surface area contributed by atoms with Crippen LogP contribution in [0.3, 0.4) is 0 Å². The number of amides is 1. The first-order valence-corrected chi connectivity index (χ1v) is 8.72. The SMILES string of the molecule is CC[C@H](C)c1ccc(C(=O)COC(=O)c2ccc(OCC(N)=O)cc2)cc1. The quantitative estimate of drug-likeness (QED) is 0.541. The third-order valence-corrected chi connectivity index (χ3v) is 4.22. The van der Waals surface area contributed by atoms with E-state index in [1.54, 1.807) is 12.1 Å². The van der Waals surface area contributed by atoms with Gasteiger partial charge in [0.2, 0.25) is 0 Å². The van der Waals surface area contributed by atoms with Gasteiger partial charge in [-0.25, -0.2) is 4.79 Å². The highest BCUT2D eigenvalue weighted by molar-refractivity contribution is 5.99. The van der Waals surface area contributed by atoms with Crippen LogP contribution in [0.2, 0.25) is 0 Å². The Morgan fingerprint density at radius 3 is 2.07 bits per heavy atom. The topological polar surface area (TPSA) is 95.7 Å². The van der Waals surface area contributed by atoms with Crippen molar-refractivity contribution in [2.75, 3.05) is 13.2 Å². The minimum Gasteiger partial charge on any atom is -0.484 e. The van der Waals surface area contributed by atoms with E-state index in [1.807, 2.05) is 12.1 Å². The van der Waals surface area contributed by atoms with E-state index in [2.05, 4.69) is 13.8 Å². The number of ketones is 1. The molecule has 0 unspecified atom stereocenters. The van der Waals surface area contributed by atoms with E-state index in [-0.39, 0.29) is 24.6 Å². The Hall–Kier alpha value is -3.15. The van der Waals surface area contributed by atoms with E-state index in [4.69, 9.17) is 15.2 Å². The van der Waals surface area contributed by atoms with Crippen molar-refractivity contribution in [1.82, 2.24) is 0 Å². The lowest BCUT2D eigenvalue weighted by Crippen LogP contribution is -2.20. The van der Waals surface area contributed by atoms with E-state index in [1.165, 1.54) is 29.8 Å². The van der Waals surface area contributed by atoms with Crippen LogP contribution < -0.4 is 10.5 Å². The number of primary amides is 1. The van der Waals surface area contributed by atoms with Crippen LogP contribution in [0.15, 0.2) is 48.5 Å². The first-order chi connectivity index (χ1) is 12.9. The molecular weight excluding hydrogens is 346 g/mol. The summed E-state index contributed by atoms with van der Waals surface area (Å²) in [4.78, 5) is 34.9. The fourth-order valence-electron chi connectivity index (χ4n) is 2.37. The second-order valence-corrected chi connectivity index (χ2v) is 6.21.